The number of aromatic nitrogens is 2. The number of fused-ring (bicyclic) bond motifs is 1. The average molecular weight is 403 g/mol. The van der Waals surface area contributed by atoms with Crippen molar-refractivity contribution in [1.29, 1.82) is 0 Å². The summed E-state index contributed by atoms with van der Waals surface area (Å²) < 4.78 is 39.8. The van der Waals surface area contributed by atoms with Gasteiger partial charge in [-0.1, -0.05) is 18.2 Å². The molecule has 2 heterocycles. The van der Waals surface area contributed by atoms with Gasteiger partial charge in [0.1, 0.15) is 5.65 Å². The number of nitrogens with zero attached hydrogens (tertiary/aromatic N) is 3. The van der Waals surface area contributed by atoms with Crippen molar-refractivity contribution < 1.29 is 13.2 Å². The van der Waals surface area contributed by atoms with Crippen molar-refractivity contribution in [3.63, 3.8) is 0 Å². The Balaban J connectivity index is 1.44. The molecule has 8 heteroatoms. The van der Waals surface area contributed by atoms with Crippen molar-refractivity contribution in [1.82, 2.24) is 20.0 Å². The molecule has 0 spiro atoms. The summed E-state index contributed by atoms with van der Waals surface area (Å²) in [6.45, 7) is 3.27. The van der Waals surface area contributed by atoms with Crippen LogP contribution in [0.1, 0.15) is 22.4 Å². The first-order valence-corrected chi connectivity index (χ1v) is 9.40. The number of hydrogen-bond acceptors (Lipinski definition) is 2. The van der Waals surface area contributed by atoms with Crippen LogP contribution >= 0.6 is 0 Å². The maximum Gasteiger partial charge on any atom is 0.416 e. The number of rotatable bonds is 6. The third-order valence-corrected chi connectivity index (χ3v) is 4.61. The summed E-state index contributed by atoms with van der Waals surface area (Å²) in [5.74, 6) is 0.650. The fourth-order valence-corrected chi connectivity index (χ4v) is 3.04. The molecule has 1 aromatic carbocycles. The Hall–Kier alpha value is -3.03. The van der Waals surface area contributed by atoms with E-state index in [2.05, 4.69) is 20.6 Å². The lowest BCUT2D eigenvalue weighted by molar-refractivity contribution is -0.137. The van der Waals surface area contributed by atoms with Crippen LogP contribution in [0.4, 0.5) is 13.2 Å². The van der Waals surface area contributed by atoms with Gasteiger partial charge in [-0.05, 0) is 42.7 Å². The van der Waals surface area contributed by atoms with Crippen molar-refractivity contribution >= 4 is 11.6 Å². The minimum Gasteiger partial charge on any atom is -0.356 e. The van der Waals surface area contributed by atoms with Crippen LogP contribution in [0, 0.1) is 6.92 Å². The van der Waals surface area contributed by atoms with Crippen molar-refractivity contribution in [2.24, 2.45) is 4.99 Å². The second-order valence-electron chi connectivity index (χ2n) is 6.77. The average Bonchev–Trinajstić information content (AvgIpc) is 3.11. The summed E-state index contributed by atoms with van der Waals surface area (Å²) in [6.07, 6.45) is 1.05. The van der Waals surface area contributed by atoms with Gasteiger partial charge in [-0.25, -0.2) is 4.98 Å². The van der Waals surface area contributed by atoms with Gasteiger partial charge in [-0.3, -0.25) is 4.99 Å². The lowest BCUT2D eigenvalue weighted by Gasteiger charge is -2.12. The van der Waals surface area contributed by atoms with Gasteiger partial charge in [0, 0.05) is 39.0 Å². The van der Waals surface area contributed by atoms with E-state index in [4.69, 9.17) is 0 Å². The van der Waals surface area contributed by atoms with E-state index in [1.165, 1.54) is 12.1 Å². The molecule has 0 amide bonds. The molecule has 2 N–H and O–H groups in total. The van der Waals surface area contributed by atoms with E-state index in [-0.39, 0.29) is 0 Å². The molecule has 0 bridgehead atoms. The van der Waals surface area contributed by atoms with Gasteiger partial charge in [0.25, 0.3) is 0 Å². The van der Waals surface area contributed by atoms with Gasteiger partial charge in [-0.15, -0.1) is 0 Å². The molecule has 0 atom stereocenters. The van der Waals surface area contributed by atoms with Crippen LogP contribution in [-0.2, 0) is 19.0 Å². The normalized spacial score (nSPS) is 12.4. The van der Waals surface area contributed by atoms with E-state index in [9.17, 15) is 13.2 Å². The number of pyridine rings is 1. The van der Waals surface area contributed by atoms with Crippen molar-refractivity contribution in [2.75, 3.05) is 20.1 Å². The quantitative estimate of drug-likeness (QED) is 0.488. The van der Waals surface area contributed by atoms with Crippen molar-refractivity contribution in [3.8, 4) is 0 Å². The first-order valence-electron chi connectivity index (χ1n) is 9.40. The Labute approximate surface area is 167 Å². The molecule has 0 aliphatic rings. The largest absolute Gasteiger partial charge is 0.416 e. The molecular formula is C21H24F3N5. The predicted molar refractivity (Wildman–Crippen MR) is 108 cm³/mol. The first-order chi connectivity index (χ1) is 13.9. The van der Waals surface area contributed by atoms with Gasteiger partial charge in [-0.2, -0.15) is 13.2 Å². The zero-order valence-electron chi connectivity index (χ0n) is 16.4. The topological polar surface area (TPSA) is 53.7 Å². The summed E-state index contributed by atoms with van der Waals surface area (Å²) in [4.78, 5) is 8.82. The van der Waals surface area contributed by atoms with Crippen LogP contribution in [0.25, 0.3) is 5.65 Å². The molecule has 0 aliphatic carbocycles. The lowest BCUT2D eigenvalue weighted by Crippen LogP contribution is -2.39. The van der Waals surface area contributed by atoms with E-state index < -0.39 is 11.7 Å². The van der Waals surface area contributed by atoms with Crippen LogP contribution < -0.4 is 10.6 Å². The highest BCUT2D eigenvalue weighted by atomic mass is 19.4. The summed E-state index contributed by atoms with van der Waals surface area (Å²) in [5, 5.41) is 6.41. The van der Waals surface area contributed by atoms with Gasteiger partial charge < -0.3 is 15.0 Å². The van der Waals surface area contributed by atoms with Gasteiger partial charge >= 0.3 is 6.18 Å². The van der Waals surface area contributed by atoms with Gasteiger partial charge in [0.05, 0.1) is 11.3 Å². The number of nitrogens with one attached hydrogen (secondary N) is 2. The highest BCUT2D eigenvalue weighted by Gasteiger charge is 2.29. The summed E-state index contributed by atoms with van der Waals surface area (Å²) in [6, 6.07) is 9.26. The van der Waals surface area contributed by atoms with Crippen LogP contribution in [0.2, 0.25) is 0 Å². The number of hydrogen-bond donors (Lipinski definition) is 2. The van der Waals surface area contributed by atoms with E-state index in [1.807, 2.05) is 35.9 Å². The Kier molecular flexibility index (Phi) is 6.41. The third kappa shape index (κ3) is 5.49. The van der Waals surface area contributed by atoms with E-state index in [0.717, 1.165) is 41.0 Å². The highest BCUT2D eigenvalue weighted by molar-refractivity contribution is 5.79. The number of aliphatic imine (C=N–C) groups is 1. The number of aryl methyl sites for hydroxylation is 1. The minimum absolute atomic E-state index is 0.568. The molecule has 3 aromatic rings. The zero-order valence-corrected chi connectivity index (χ0v) is 16.4. The number of alkyl halides is 3. The maximum absolute atomic E-state index is 12.6. The molecule has 0 saturated heterocycles. The highest BCUT2D eigenvalue weighted by Crippen LogP contribution is 2.29. The molecule has 2 aromatic heterocycles. The van der Waals surface area contributed by atoms with Crippen LogP contribution in [0.15, 0.2) is 53.8 Å². The summed E-state index contributed by atoms with van der Waals surface area (Å²) in [7, 11) is 1.68. The van der Waals surface area contributed by atoms with E-state index in [1.54, 1.807) is 7.05 Å². The smallest absolute Gasteiger partial charge is 0.356 e. The number of imidazole rings is 1. The minimum atomic E-state index is -4.30. The Morgan fingerprint density at radius 3 is 2.38 bits per heavy atom. The SMILES string of the molecule is CN=C(NCCc1ccc(C(F)(F)F)cc1)NCCc1cn2cccc(C)c2n1. The second-order valence-corrected chi connectivity index (χ2v) is 6.77. The van der Waals surface area contributed by atoms with Crippen molar-refractivity contribution in [2.45, 2.75) is 25.9 Å². The fourth-order valence-electron chi connectivity index (χ4n) is 3.04. The van der Waals surface area contributed by atoms with Crippen LogP contribution in [0.5, 0.6) is 0 Å². The monoisotopic (exact) mass is 403 g/mol. The van der Waals surface area contributed by atoms with Crippen LogP contribution in [0.3, 0.4) is 0 Å². The molecule has 0 radical (unpaired) electrons. The molecule has 0 fully saturated rings. The first kappa shape index (κ1) is 20.7. The maximum atomic E-state index is 12.6. The Morgan fingerprint density at radius 2 is 1.76 bits per heavy atom. The number of guanidine groups is 1. The van der Waals surface area contributed by atoms with Crippen molar-refractivity contribution in [3.05, 3.63) is 71.2 Å². The second kappa shape index (κ2) is 8.98. The molecule has 29 heavy (non-hydrogen) atoms. The summed E-state index contributed by atoms with van der Waals surface area (Å²) in [5.41, 5.74) is 3.29. The van der Waals surface area contributed by atoms with Gasteiger partial charge in [0.15, 0.2) is 5.96 Å². The Morgan fingerprint density at radius 1 is 1.07 bits per heavy atom. The molecule has 154 valence electrons. The third-order valence-electron chi connectivity index (χ3n) is 4.61. The standard InChI is InChI=1S/C21H24F3N5/c1-15-4-3-13-29-14-18(28-19(15)29)10-12-27-20(25-2)26-11-9-16-5-7-17(8-6-16)21(22,23)24/h3-8,13-14H,9-12H2,1-2H3,(H2,25,26,27). The van der Waals surface area contributed by atoms with Crippen LogP contribution in [-0.4, -0.2) is 35.5 Å². The molecule has 0 aliphatic heterocycles. The van der Waals surface area contributed by atoms with Gasteiger partial charge in [0.2, 0.25) is 0 Å². The molecular weight excluding hydrogens is 379 g/mol. The molecule has 0 saturated carbocycles. The summed E-state index contributed by atoms with van der Waals surface area (Å²) >= 11 is 0. The zero-order chi connectivity index (χ0) is 20.9. The molecule has 5 nitrogen and oxygen atoms in total. The molecule has 0 unspecified atom stereocenters. The lowest BCUT2D eigenvalue weighted by atomic mass is 10.1. The molecule has 3 rings (SSSR count). The van der Waals surface area contributed by atoms with E-state index in [0.29, 0.717) is 25.5 Å². The number of halogens is 3. The fraction of sp³-hybridized carbons (Fsp3) is 0.333. The number of benzene rings is 1. The predicted octanol–water partition coefficient (Wildman–Crippen LogP) is 3.61. The van der Waals surface area contributed by atoms with E-state index >= 15 is 0 Å². The Bertz CT molecular complexity index is 974.